The largest absolute Gasteiger partial charge is 0.348 e. The minimum Gasteiger partial charge on any atom is -0.348 e. The monoisotopic (exact) mass is 375 g/mol. The molecule has 0 saturated heterocycles. The van der Waals surface area contributed by atoms with Crippen molar-refractivity contribution >= 4 is 40.0 Å². The Bertz CT molecular complexity index is 830. The van der Waals surface area contributed by atoms with Gasteiger partial charge in [-0.1, -0.05) is 19.1 Å². The van der Waals surface area contributed by atoms with Gasteiger partial charge in [-0.3, -0.25) is 14.5 Å². The van der Waals surface area contributed by atoms with Gasteiger partial charge in [-0.2, -0.15) is 0 Å². The molecule has 2 amide bonds. The van der Waals surface area contributed by atoms with Gasteiger partial charge in [0.15, 0.2) is 5.13 Å². The van der Waals surface area contributed by atoms with Gasteiger partial charge >= 0.3 is 0 Å². The van der Waals surface area contributed by atoms with Crippen LogP contribution in [0.3, 0.4) is 0 Å². The van der Waals surface area contributed by atoms with E-state index in [9.17, 15) is 14.0 Å². The van der Waals surface area contributed by atoms with Crippen molar-refractivity contribution in [2.24, 2.45) is 0 Å². The number of carbonyl (C=O) groups excluding carboxylic acids is 2. The van der Waals surface area contributed by atoms with Crippen LogP contribution < -0.4 is 10.2 Å². The molecular weight excluding hydrogens is 353 g/mol. The molecule has 2 aromatic rings. The Morgan fingerprint density at radius 1 is 1.35 bits per heavy atom. The van der Waals surface area contributed by atoms with Crippen LogP contribution in [-0.2, 0) is 9.59 Å². The van der Waals surface area contributed by atoms with Crippen molar-refractivity contribution < 1.29 is 14.0 Å². The van der Waals surface area contributed by atoms with Crippen LogP contribution in [0.25, 0.3) is 6.08 Å². The first-order valence-electron chi connectivity index (χ1n) is 8.24. The molecule has 138 valence electrons. The molecule has 2 rings (SSSR count). The van der Waals surface area contributed by atoms with Gasteiger partial charge in [-0.05, 0) is 38.5 Å². The SMILES string of the molecule is CCC(C)(C)NC(=O)/C=C/c1csc(N(C(C)=O)c2ccccc2F)n1. The highest BCUT2D eigenvalue weighted by Gasteiger charge is 2.20. The maximum Gasteiger partial charge on any atom is 0.244 e. The molecule has 1 heterocycles. The summed E-state index contributed by atoms with van der Waals surface area (Å²) >= 11 is 1.20. The molecule has 0 unspecified atom stereocenters. The Morgan fingerprint density at radius 2 is 2.04 bits per heavy atom. The first kappa shape index (κ1) is 19.8. The van der Waals surface area contributed by atoms with E-state index in [1.54, 1.807) is 23.6 Å². The van der Waals surface area contributed by atoms with E-state index in [-0.39, 0.29) is 23.0 Å². The molecule has 0 fully saturated rings. The summed E-state index contributed by atoms with van der Waals surface area (Å²) in [6.45, 7) is 7.23. The minimum absolute atomic E-state index is 0.146. The van der Waals surface area contributed by atoms with Crippen molar-refractivity contribution in [2.45, 2.75) is 39.7 Å². The Kier molecular flexibility index (Phi) is 6.26. The molecule has 0 aliphatic heterocycles. The molecule has 0 bridgehead atoms. The number of halogens is 1. The van der Waals surface area contributed by atoms with Gasteiger partial charge in [0, 0.05) is 23.9 Å². The van der Waals surface area contributed by atoms with E-state index in [0.29, 0.717) is 10.8 Å². The molecule has 0 aliphatic rings. The number of benzene rings is 1. The first-order chi connectivity index (χ1) is 12.2. The van der Waals surface area contributed by atoms with E-state index >= 15 is 0 Å². The number of carbonyl (C=O) groups is 2. The molecule has 26 heavy (non-hydrogen) atoms. The summed E-state index contributed by atoms with van der Waals surface area (Å²) in [6, 6.07) is 6.03. The van der Waals surface area contributed by atoms with Crippen LogP contribution in [-0.4, -0.2) is 22.3 Å². The fraction of sp³-hybridized carbons (Fsp3) is 0.316. The lowest BCUT2D eigenvalue weighted by Crippen LogP contribution is -2.41. The number of nitrogens with one attached hydrogen (secondary N) is 1. The van der Waals surface area contributed by atoms with Crippen molar-refractivity contribution in [2.75, 3.05) is 4.90 Å². The lowest BCUT2D eigenvalue weighted by atomic mass is 10.0. The van der Waals surface area contributed by atoms with E-state index in [0.717, 1.165) is 6.42 Å². The molecular formula is C19H22FN3O2S. The smallest absolute Gasteiger partial charge is 0.244 e. The number of amides is 2. The van der Waals surface area contributed by atoms with Crippen LogP contribution in [0.4, 0.5) is 15.2 Å². The number of rotatable bonds is 6. The average Bonchev–Trinajstić information content (AvgIpc) is 3.03. The summed E-state index contributed by atoms with van der Waals surface area (Å²) in [5.41, 5.74) is 0.384. The van der Waals surface area contributed by atoms with E-state index < -0.39 is 5.82 Å². The predicted octanol–water partition coefficient (Wildman–Crippen LogP) is 4.28. The molecule has 5 nitrogen and oxygen atoms in total. The quantitative estimate of drug-likeness (QED) is 0.767. The topological polar surface area (TPSA) is 62.3 Å². The number of para-hydroxylation sites is 1. The highest BCUT2D eigenvalue weighted by atomic mass is 32.1. The van der Waals surface area contributed by atoms with Crippen molar-refractivity contribution in [3.63, 3.8) is 0 Å². The second-order valence-corrected chi connectivity index (χ2v) is 7.26. The zero-order valence-electron chi connectivity index (χ0n) is 15.2. The van der Waals surface area contributed by atoms with Crippen molar-refractivity contribution in [3.8, 4) is 0 Å². The fourth-order valence-corrected chi connectivity index (χ4v) is 2.97. The minimum atomic E-state index is -0.504. The van der Waals surface area contributed by atoms with E-state index in [4.69, 9.17) is 0 Å². The zero-order valence-corrected chi connectivity index (χ0v) is 16.1. The third kappa shape index (κ3) is 4.98. The molecule has 1 N–H and O–H groups in total. The highest BCUT2D eigenvalue weighted by molar-refractivity contribution is 7.14. The first-order valence-corrected chi connectivity index (χ1v) is 9.12. The molecule has 1 aromatic carbocycles. The number of anilines is 2. The van der Waals surface area contributed by atoms with Gasteiger partial charge in [-0.25, -0.2) is 9.37 Å². The van der Waals surface area contributed by atoms with Gasteiger partial charge in [0.25, 0.3) is 0 Å². The third-order valence-electron chi connectivity index (χ3n) is 3.86. The number of nitrogens with zero attached hydrogens (tertiary/aromatic N) is 2. The standard InChI is InChI=1S/C19H22FN3O2S/c1-5-19(3,4)22-17(25)11-10-14-12-26-18(21-14)23(13(2)24)16-9-7-6-8-15(16)20/h6-12H,5H2,1-4H3,(H,22,25)/b11-10+. The van der Waals surface area contributed by atoms with Crippen molar-refractivity contribution in [3.05, 3.63) is 47.2 Å². The van der Waals surface area contributed by atoms with Crippen LogP contribution in [0, 0.1) is 5.82 Å². The number of aromatic nitrogens is 1. The summed E-state index contributed by atoms with van der Waals surface area (Å²) in [4.78, 5) is 29.5. The maximum atomic E-state index is 14.1. The lowest BCUT2D eigenvalue weighted by molar-refractivity contribution is -0.118. The second-order valence-electron chi connectivity index (χ2n) is 6.42. The molecule has 0 saturated carbocycles. The predicted molar refractivity (Wildman–Crippen MR) is 103 cm³/mol. The van der Waals surface area contributed by atoms with E-state index in [1.807, 2.05) is 20.8 Å². The van der Waals surface area contributed by atoms with Crippen molar-refractivity contribution in [1.29, 1.82) is 0 Å². The van der Waals surface area contributed by atoms with Crippen LogP contribution in [0.5, 0.6) is 0 Å². The Labute approximate surface area is 156 Å². The Balaban J connectivity index is 2.20. The maximum absolute atomic E-state index is 14.1. The van der Waals surface area contributed by atoms with Gasteiger partial charge in [0.1, 0.15) is 5.82 Å². The number of thiazole rings is 1. The van der Waals surface area contributed by atoms with Gasteiger partial charge in [0.05, 0.1) is 11.4 Å². The molecule has 0 atom stereocenters. The number of hydrogen-bond acceptors (Lipinski definition) is 4. The molecule has 0 aliphatic carbocycles. The van der Waals surface area contributed by atoms with Crippen LogP contribution in [0.15, 0.2) is 35.7 Å². The molecule has 1 aromatic heterocycles. The Morgan fingerprint density at radius 3 is 2.65 bits per heavy atom. The van der Waals surface area contributed by atoms with E-state index in [1.165, 1.54) is 41.4 Å². The third-order valence-corrected chi connectivity index (χ3v) is 4.70. The summed E-state index contributed by atoms with van der Waals surface area (Å²) < 4.78 is 14.1. The van der Waals surface area contributed by atoms with Crippen LogP contribution in [0.1, 0.15) is 39.8 Å². The van der Waals surface area contributed by atoms with Crippen LogP contribution >= 0.6 is 11.3 Å². The summed E-state index contributed by atoms with van der Waals surface area (Å²) in [7, 11) is 0. The average molecular weight is 375 g/mol. The van der Waals surface area contributed by atoms with Gasteiger partial charge < -0.3 is 5.32 Å². The highest BCUT2D eigenvalue weighted by Crippen LogP contribution is 2.30. The normalized spacial score (nSPS) is 11.6. The second kappa shape index (κ2) is 8.23. The fourth-order valence-electron chi connectivity index (χ4n) is 2.12. The summed E-state index contributed by atoms with van der Waals surface area (Å²) in [5, 5.41) is 4.95. The molecule has 0 radical (unpaired) electrons. The molecule has 7 heteroatoms. The van der Waals surface area contributed by atoms with Gasteiger partial charge in [-0.15, -0.1) is 11.3 Å². The summed E-state index contributed by atoms with van der Waals surface area (Å²) in [6.07, 6.45) is 3.78. The van der Waals surface area contributed by atoms with Crippen LogP contribution in [0.2, 0.25) is 0 Å². The zero-order chi connectivity index (χ0) is 19.3. The lowest BCUT2D eigenvalue weighted by Gasteiger charge is -2.23. The summed E-state index contributed by atoms with van der Waals surface area (Å²) in [5.74, 6) is -1.07. The molecule has 0 spiro atoms. The number of hydrogen-bond donors (Lipinski definition) is 1. The van der Waals surface area contributed by atoms with Gasteiger partial charge in [0.2, 0.25) is 11.8 Å². The Hall–Kier alpha value is -2.54. The van der Waals surface area contributed by atoms with E-state index in [2.05, 4.69) is 10.3 Å². The van der Waals surface area contributed by atoms with Crippen molar-refractivity contribution in [1.82, 2.24) is 10.3 Å².